The Morgan fingerprint density at radius 3 is 2.71 bits per heavy atom. The highest BCUT2D eigenvalue weighted by Gasteiger charge is 2.30. The van der Waals surface area contributed by atoms with E-state index in [2.05, 4.69) is 39.3 Å². The molecule has 2 aliphatic rings. The SMILES string of the molecule is CCc1[nH]nc(C(=O)NCC2CCN(C3CCN(C)CC3)C2)c1C. The molecule has 0 bridgehead atoms. The second-order valence-corrected chi connectivity index (χ2v) is 7.42. The highest BCUT2D eigenvalue weighted by molar-refractivity contribution is 5.93. The fourth-order valence-corrected chi connectivity index (χ4v) is 4.04. The van der Waals surface area contributed by atoms with E-state index < -0.39 is 0 Å². The van der Waals surface area contributed by atoms with Crippen LogP contribution in [0.1, 0.15) is 47.9 Å². The molecule has 0 aromatic carbocycles. The summed E-state index contributed by atoms with van der Waals surface area (Å²) in [6.45, 7) is 9.51. The van der Waals surface area contributed by atoms with Crippen molar-refractivity contribution in [1.29, 1.82) is 0 Å². The van der Waals surface area contributed by atoms with Crippen molar-refractivity contribution in [3.8, 4) is 0 Å². The summed E-state index contributed by atoms with van der Waals surface area (Å²) in [6, 6.07) is 0.739. The highest BCUT2D eigenvalue weighted by Crippen LogP contribution is 2.23. The van der Waals surface area contributed by atoms with Crippen molar-refractivity contribution < 1.29 is 4.79 Å². The zero-order valence-corrected chi connectivity index (χ0v) is 15.3. The number of piperidine rings is 1. The number of hydrogen-bond donors (Lipinski definition) is 2. The van der Waals surface area contributed by atoms with Crippen LogP contribution in [0.3, 0.4) is 0 Å². The van der Waals surface area contributed by atoms with Gasteiger partial charge in [0, 0.05) is 30.4 Å². The highest BCUT2D eigenvalue weighted by atomic mass is 16.1. The van der Waals surface area contributed by atoms with Gasteiger partial charge in [-0.2, -0.15) is 5.10 Å². The number of likely N-dealkylation sites (tertiary alicyclic amines) is 2. The van der Waals surface area contributed by atoms with Crippen LogP contribution in [0.15, 0.2) is 0 Å². The van der Waals surface area contributed by atoms with Gasteiger partial charge in [0.05, 0.1) is 0 Å². The lowest BCUT2D eigenvalue weighted by Gasteiger charge is -2.35. The molecule has 0 saturated carbocycles. The quantitative estimate of drug-likeness (QED) is 0.855. The van der Waals surface area contributed by atoms with Crippen molar-refractivity contribution in [2.75, 3.05) is 39.8 Å². The summed E-state index contributed by atoms with van der Waals surface area (Å²) in [5.74, 6) is 0.527. The largest absolute Gasteiger partial charge is 0.350 e. The molecule has 0 spiro atoms. The van der Waals surface area contributed by atoms with Crippen molar-refractivity contribution >= 4 is 5.91 Å². The molecule has 2 N–H and O–H groups in total. The van der Waals surface area contributed by atoms with Gasteiger partial charge in [0.15, 0.2) is 5.69 Å². The maximum Gasteiger partial charge on any atom is 0.272 e. The van der Waals surface area contributed by atoms with Gasteiger partial charge < -0.3 is 10.2 Å². The molecule has 6 nitrogen and oxygen atoms in total. The van der Waals surface area contributed by atoms with Crippen molar-refractivity contribution in [3.05, 3.63) is 17.0 Å². The van der Waals surface area contributed by atoms with Crippen LogP contribution in [0.25, 0.3) is 0 Å². The number of aromatic nitrogens is 2. The molecule has 2 fully saturated rings. The molecule has 24 heavy (non-hydrogen) atoms. The number of H-pyrrole nitrogens is 1. The Balaban J connectivity index is 1.46. The Kier molecular flexibility index (Phi) is 5.56. The average Bonchev–Trinajstić information content (AvgIpc) is 3.20. The van der Waals surface area contributed by atoms with Crippen LogP contribution < -0.4 is 5.32 Å². The summed E-state index contributed by atoms with van der Waals surface area (Å²) in [5.41, 5.74) is 2.58. The number of carbonyl (C=O) groups excluding carboxylic acids is 1. The van der Waals surface area contributed by atoms with Gasteiger partial charge in [-0.05, 0) is 65.2 Å². The van der Waals surface area contributed by atoms with Crippen LogP contribution in [0.2, 0.25) is 0 Å². The number of aromatic amines is 1. The van der Waals surface area contributed by atoms with Crippen LogP contribution in [0, 0.1) is 12.8 Å². The number of hydrogen-bond acceptors (Lipinski definition) is 4. The first-order chi connectivity index (χ1) is 11.6. The van der Waals surface area contributed by atoms with Crippen LogP contribution in [-0.4, -0.2) is 71.7 Å². The molecular formula is C18H31N5O. The van der Waals surface area contributed by atoms with E-state index in [1.807, 2.05) is 6.92 Å². The molecule has 134 valence electrons. The summed E-state index contributed by atoms with van der Waals surface area (Å²) >= 11 is 0. The molecule has 3 heterocycles. The van der Waals surface area contributed by atoms with E-state index in [-0.39, 0.29) is 5.91 Å². The third-order valence-corrected chi connectivity index (χ3v) is 5.75. The molecule has 1 aromatic heterocycles. The Labute approximate surface area is 145 Å². The summed E-state index contributed by atoms with van der Waals surface area (Å²) in [5, 5.41) is 10.2. The van der Waals surface area contributed by atoms with Gasteiger partial charge in [-0.15, -0.1) is 0 Å². The number of carbonyl (C=O) groups is 1. The molecule has 2 saturated heterocycles. The zero-order valence-electron chi connectivity index (χ0n) is 15.3. The van der Waals surface area contributed by atoms with Gasteiger partial charge in [0.2, 0.25) is 0 Å². The van der Waals surface area contributed by atoms with Crippen LogP contribution in [0.4, 0.5) is 0 Å². The fraction of sp³-hybridized carbons (Fsp3) is 0.778. The van der Waals surface area contributed by atoms with Gasteiger partial charge in [-0.25, -0.2) is 0 Å². The topological polar surface area (TPSA) is 64.3 Å². The van der Waals surface area contributed by atoms with E-state index in [4.69, 9.17) is 0 Å². The second-order valence-electron chi connectivity index (χ2n) is 7.42. The van der Waals surface area contributed by atoms with Gasteiger partial charge in [-0.3, -0.25) is 14.8 Å². The zero-order chi connectivity index (χ0) is 17.1. The van der Waals surface area contributed by atoms with Gasteiger partial charge in [-0.1, -0.05) is 6.92 Å². The lowest BCUT2D eigenvalue weighted by molar-refractivity contribution is 0.0939. The first kappa shape index (κ1) is 17.4. The van der Waals surface area contributed by atoms with E-state index >= 15 is 0 Å². The Bertz CT molecular complexity index is 562. The molecule has 6 heteroatoms. The number of nitrogens with one attached hydrogen (secondary N) is 2. The summed E-state index contributed by atoms with van der Waals surface area (Å²) in [4.78, 5) is 17.4. The maximum atomic E-state index is 12.4. The predicted octanol–water partition coefficient (Wildman–Crippen LogP) is 1.43. The summed E-state index contributed by atoms with van der Waals surface area (Å²) in [7, 11) is 2.21. The average molecular weight is 333 g/mol. The van der Waals surface area contributed by atoms with E-state index in [9.17, 15) is 4.79 Å². The predicted molar refractivity (Wildman–Crippen MR) is 95.2 cm³/mol. The molecule has 1 atom stereocenters. The molecule has 1 unspecified atom stereocenters. The van der Waals surface area contributed by atoms with Crippen molar-refractivity contribution in [3.63, 3.8) is 0 Å². The van der Waals surface area contributed by atoms with Crippen molar-refractivity contribution in [1.82, 2.24) is 25.3 Å². The molecule has 1 amide bonds. The molecule has 1 aromatic rings. The molecular weight excluding hydrogens is 302 g/mol. The lowest BCUT2D eigenvalue weighted by atomic mass is 10.0. The molecule has 2 aliphatic heterocycles. The Morgan fingerprint density at radius 2 is 2.04 bits per heavy atom. The standard InChI is InChI=1S/C18H31N5O/c1-4-16-13(2)17(21-20-16)18(24)19-11-14-5-10-23(12-14)15-6-8-22(3)9-7-15/h14-15H,4-12H2,1-3H3,(H,19,24)(H,20,21). The molecule has 0 radical (unpaired) electrons. The first-order valence-corrected chi connectivity index (χ1v) is 9.33. The van der Waals surface area contributed by atoms with Crippen LogP contribution >= 0.6 is 0 Å². The minimum absolute atomic E-state index is 0.0406. The third-order valence-electron chi connectivity index (χ3n) is 5.75. The second kappa shape index (κ2) is 7.66. The van der Waals surface area contributed by atoms with Gasteiger partial charge >= 0.3 is 0 Å². The minimum atomic E-state index is -0.0406. The van der Waals surface area contributed by atoms with Gasteiger partial charge in [0.1, 0.15) is 0 Å². The molecule has 0 aliphatic carbocycles. The van der Waals surface area contributed by atoms with Crippen LogP contribution in [-0.2, 0) is 6.42 Å². The summed E-state index contributed by atoms with van der Waals surface area (Å²) < 4.78 is 0. The number of amides is 1. The van der Waals surface area contributed by atoms with Gasteiger partial charge in [0.25, 0.3) is 5.91 Å². The minimum Gasteiger partial charge on any atom is -0.350 e. The summed E-state index contributed by atoms with van der Waals surface area (Å²) in [6.07, 6.45) is 4.62. The smallest absolute Gasteiger partial charge is 0.272 e. The monoisotopic (exact) mass is 333 g/mol. The van der Waals surface area contributed by atoms with E-state index in [1.165, 1.54) is 38.9 Å². The van der Waals surface area contributed by atoms with E-state index in [0.29, 0.717) is 11.6 Å². The fourth-order valence-electron chi connectivity index (χ4n) is 4.04. The van der Waals surface area contributed by atoms with Crippen LogP contribution in [0.5, 0.6) is 0 Å². The van der Waals surface area contributed by atoms with Crippen molar-refractivity contribution in [2.24, 2.45) is 5.92 Å². The number of aryl methyl sites for hydroxylation is 1. The first-order valence-electron chi connectivity index (χ1n) is 9.33. The lowest BCUT2D eigenvalue weighted by Crippen LogP contribution is -2.43. The number of nitrogens with zero attached hydrogens (tertiary/aromatic N) is 3. The number of rotatable bonds is 5. The Morgan fingerprint density at radius 1 is 1.29 bits per heavy atom. The maximum absolute atomic E-state index is 12.4. The Hall–Kier alpha value is -1.40. The van der Waals surface area contributed by atoms with E-state index in [0.717, 1.165) is 36.8 Å². The molecule has 3 rings (SSSR count). The van der Waals surface area contributed by atoms with E-state index in [1.54, 1.807) is 0 Å². The third kappa shape index (κ3) is 3.81. The normalized spacial score (nSPS) is 23.7. The van der Waals surface area contributed by atoms with Crippen molar-refractivity contribution in [2.45, 2.75) is 45.6 Å².